The van der Waals surface area contributed by atoms with E-state index in [9.17, 15) is 14.4 Å². The van der Waals surface area contributed by atoms with Crippen molar-refractivity contribution in [2.24, 2.45) is 5.41 Å². The number of nitrogens with zero attached hydrogens (tertiary/aromatic N) is 3. The third kappa shape index (κ3) is 3.82. The van der Waals surface area contributed by atoms with Gasteiger partial charge in [0.25, 0.3) is 5.56 Å². The van der Waals surface area contributed by atoms with Gasteiger partial charge in [-0.2, -0.15) is 0 Å². The van der Waals surface area contributed by atoms with Crippen LogP contribution in [0.2, 0.25) is 0 Å². The predicted molar refractivity (Wildman–Crippen MR) is 96.6 cm³/mol. The quantitative estimate of drug-likeness (QED) is 0.775. The molecule has 1 aromatic rings. The van der Waals surface area contributed by atoms with Gasteiger partial charge in [0.05, 0.1) is 12.0 Å². The predicted octanol–water partition coefficient (Wildman–Crippen LogP) is 0.726. The number of hydrogen-bond acceptors (Lipinski definition) is 4. The molecule has 0 aromatic carbocycles. The molecule has 2 fully saturated rings. The summed E-state index contributed by atoms with van der Waals surface area (Å²) in [5.74, 6) is 0.153. The van der Waals surface area contributed by atoms with Gasteiger partial charge in [-0.3, -0.25) is 14.4 Å². The molecule has 1 aromatic heterocycles. The van der Waals surface area contributed by atoms with Gasteiger partial charge in [0.2, 0.25) is 11.8 Å². The van der Waals surface area contributed by atoms with E-state index in [1.807, 2.05) is 4.90 Å². The molecule has 0 bridgehead atoms. The zero-order valence-electron chi connectivity index (χ0n) is 15.4. The smallest absolute Gasteiger partial charge is 0.250 e. The van der Waals surface area contributed by atoms with Crippen molar-refractivity contribution in [3.05, 3.63) is 34.7 Å². The van der Waals surface area contributed by atoms with Crippen LogP contribution in [0.3, 0.4) is 0 Å². The number of pyridine rings is 1. The zero-order valence-corrected chi connectivity index (χ0v) is 15.4. The summed E-state index contributed by atoms with van der Waals surface area (Å²) in [7, 11) is 1.65. The first-order valence-corrected chi connectivity index (χ1v) is 9.27. The first-order valence-electron chi connectivity index (χ1n) is 9.27. The molecule has 3 heterocycles. The third-order valence-electron chi connectivity index (χ3n) is 5.67. The van der Waals surface area contributed by atoms with Crippen LogP contribution in [0.4, 0.5) is 0 Å². The summed E-state index contributed by atoms with van der Waals surface area (Å²) < 4.78 is 6.53. The van der Waals surface area contributed by atoms with Gasteiger partial charge in [0.15, 0.2) is 0 Å². The number of likely N-dealkylation sites (tertiary alicyclic amines) is 2. The fourth-order valence-electron chi connectivity index (χ4n) is 4.05. The lowest BCUT2D eigenvalue weighted by Crippen LogP contribution is -2.55. The Hall–Kier alpha value is -2.15. The average molecular weight is 361 g/mol. The Morgan fingerprint density at radius 3 is 2.62 bits per heavy atom. The molecule has 7 heteroatoms. The van der Waals surface area contributed by atoms with Crippen LogP contribution in [-0.2, 0) is 20.9 Å². The van der Waals surface area contributed by atoms with Crippen molar-refractivity contribution >= 4 is 11.8 Å². The molecule has 0 atom stereocenters. The van der Waals surface area contributed by atoms with Gasteiger partial charge < -0.3 is 19.1 Å². The van der Waals surface area contributed by atoms with E-state index < -0.39 is 0 Å². The molecule has 7 nitrogen and oxygen atoms in total. The van der Waals surface area contributed by atoms with Crippen molar-refractivity contribution in [2.75, 3.05) is 39.9 Å². The molecule has 3 rings (SSSR count). The minimum atomic E-state index is -0.327. The second-order valence-corrected chi connectivity index (χ2v) is 7.22. The number of methoxy groups -OCH3 is 1. The highest BCUT2D eigenvalue weighted by atomic mass is 16.5. The number of amides is 2. The molecule has 1 spiro atoms. The molecule has 2 aliphatic rings. The Kier molecular flexibility index (Phi) is 5.76. The van der Waals surface area contributed by atoms with Crippen LogP contribution >= 0.6 is 0 Å². The number of carbonyl (C=O) groups is 2. The highest BCUT2D eigenvalue weighted by Crippen LogP contribution is 2.40. The van der Waals surface area contributed by atoms with E-state index in [1.54, 1.807) is 30.3 Å². The molecule has 2 amide bonds. The van der Waals surface area contributed by atoms with Crippen LogP contribution in [0.1, 0.15) is 25.7 Å². The van der Waals surface area contributed by atoms with Gasteiger partial charge in [-0.15, -0.1) is 0 Å². The normalized spacial score (nSPS) is 19.8. The topological polar surface area (TPSA) is 71.8 Å². The summed E-state index contributed by atoms with van der Waals surface area (Å²) in [6, 6.07) is 4.86. The Morgan fingerprint density at radius 2 is 1.92 bits per heavy atom. The Labute approximate surface area is 153 Å². The van der Waals surface area contributed by atoms with Gasteiger partial charge in [-0.1, -0.05) is 6.07 Å². The van der Waals surface area contributed by atoms with Gasteiger partial charge in [-0.05, 0) is 31.7 Å². The minimum absolute atomic E-state index is 0.0561. The van der Waals surface area contributed by atoms with E-state index in [-0.39, 0.29) is 29.3 Å². The molecule has 142 valence electrons. The lowest BCUT2D eigenvalue weighted by atomic mass is 9.71. The summed E-state index contributed by atoms with van der Waals surface area (Å²) >= 11 is 0. The molecule has 2 aliphatic heterocycles. The molecular weight excluding hydrogens is 334 g/mol. The van der Waals surface area contributed by atoms with Crippen molar-refractivity contribution in [1.82, 2.24) is 14.4 Å². The summed E-state index contributed by atoms with van der Waals surface area (Å²) in [6.45, 7) is 3.19. The minimum Gasteiger partial charge on any atom is -0.383 e. The second kappa shape index (κ2) is 8.03. The van der Waals surface area contributed by atoms with E-state index in [2.05, 4.69) is 0 Å². The molecular formula is C19H27N3O4. The van der Waals surface area contributed by atoms with Crippen LogP contribution in [0, 0.1) is 5.41 Å². The van der Waals surface area contributed by atoms with Gasteiger partial charge >= 0.3 is 0 Å². The first-order chi connectivity index (χ1) is 12.6. The van der Waals surface area contributed by atoms with E-state index in [0.717, 1.165) is 19.4 Å². The summed E-state index contributed by atoms with van der Waals surface area (Å²) in [5.41, 5.74) is -0.502. The third-order valence-corrected chi connectivity index (χ3v) is 5.67. The number of carbonyl (C=O) groups excluding carboxylic acids is 2. The standard InChI is InChI=1S/C19H27N3O4/c1-26-14-13-21-10-4-6-19(18(21)25)7-11-20(12-8-19)17(24)15-22-9-3-2-5-16(22)23/h2-3,5,9H,4,6-8,10-15H2,1H3. The van der Waals surface area contributed by atoms with Crippen molar-refractivity contribution in [2.45, 2.75) is 32.2 Å². The lowest BCUT2D eigenvalue weighted by molar-refractivity contribution is -0.153. The fourth-order valence-corrected chi connectivity index (χ4v) is 4.05. The number of rotatable bonds is 5. The SMILES string of the molecule is COCCN1CCCC2(CCN(C(=O)Cn3ccccc3=O)CC2)C1=O. The van der Waals surface area contributed by atoms with Crippen molar-refractivity contribution in [3.63, 3.8) is 0 Å². The maximum absolute atomic E-state index is 12.9. The highest BCUT2D eigenvalue weighted by molar-refractivity contribution is 5.84. The second-order valence-electron chi connectivity index (χ2n) is 7.22. The van der Waals surface area contributed by atoms with Crippen molar-refractivity contribution in [1.29, 1.82) is 0 Å². The maximum atomic E-state index is 12.9. The molecule has 0 N–H and O–H groups in total. The summed E-state index contributed by atoms with van der Waals surface area (Å²) in [6.07, 6.45) is 4.93. The Bertz CT molecular complexity index is 707. The molecule has 26 heavy (non-hydrogen) atoms. The van der Waals surface area contributed by atoms with Crippen LogP contribution < -0.4 is 5.56 Å². The largest absolute Gasteiger partial charge is 0.383 e. The molecule has 0 aliphatic carbocycles. The number of piperidine rings is 2. The van der Waals surface area contributed by atoms with E-state index in [1.165, 1.54) is 10.6 Å². The van der Waals surface area contributed by atoms with Crippen LogP contribution in [0.15, 0.2) is 29.2 Å². The summed E-state index contributed by atoms with van der Waals surface area (Å²) in [4.78, 5) is 40.9. The fraction of sp³-hybridized carbons (Fsp3) is 0.632. The van der Waals surface area contributed by atoms with E-state index in [0.29, 0.717) is 39.1 Å². The zero-order chi connectivity index (χ0) is 18.6. The first kappa shape index (κ1) is 18.6. The van der Waals surface area contributed by atoms with Crippen LogP contribution in [0.5, 0.6) is 0 Å². The van der Waals surface area contributed by atoms with Gasteiger partial charge in [0, 0.05) is 45.6 Å². The van der Waals surface area contributed by atoms with Crippen LogP contribution in [-0.4, -0.2) is 66.1 Å². The highest BCUT2D eigenvalue weighted by Gasteiger charge is 2.46. The van der Waals surface area contributed by atoms with Crippen LogP contribution in [0.25, 0.3) is 0 Å². The monoisotopic (exact) mass is 361 g/mol. The van der Waals surface area contributed by atoms with Crippen molar-refractivity contribution < 1.29 is 14.3 Å². The Balaban J connectivity index is 1.59. The molecule has 2 saturated heterocycles. The lowest BCUT2D eigenvalue weighted by Gasteiger charge is -2.46. The average Bonchev–Trinajstić information content (AvgIpc) is 2.65. The molecule has 0 unspecified atom stereocenters. The number of aromatic nitrogens is 1. The van der Waals surface area contributed by atoms with Gasteiger partial charge in [0.1, 0.15) is 6.54 Å². The maximum Gasteiger partial charge on any atom is 0.250 e. The molecule has 0 saturated carbocycles. The van der Waals surface area contributed by atoms with Crippen molar-refractivity contribution in [3.8, 4) is 0 Å². The Morgan fingerprint density at radius 1 is 1.15 bits per heavy atom. The van der Waals surface area contributed by atoms with Gasteiger partial charge in [-0.25, -0.2) is 0 Å². The van der Waals surface area contributed by atoms with E-state index >= 15 is 0 Å². The molecule has 0 radical (unpaired) electrons. The number of ether oxygens (including phenoxy) is 1. The van der Waals surface area contributed by atoms with E-state index in [4.69, 9.17) is 4.74 Å². The number of hydrogen-bond donors (Lipinski definition) is 0. The summed E-state index contributed by atoms with van der Waals surface area (Å²) in [5, 5.41) is 0.